The standard InChI is InChI=1S/C30H50N2O4/c1-19(5-8-27(36)32-15-13-31(14-16-32)20(2)33)23-6-7-24-28-25(10-12-30(23,24)4)29(3)11-9-22(34)17-21(29)18-26(28)35/h19,21-26,28,34-35H,5-18H2,1-4H3. The van der Waals surface area contributed by atoms with Crippen LogP contribution in [0, 0.1) is 46.3 Å². The van der Waals surface area contributed by atoms with Gasteiger partial charge in [0.15, 0.2) is 0 Å². The Kier molecular flexibility index (Phi) is 7.26. The van der Waals surface area contributed by atoms with E-state index in [1.807, 2.05) is 9.80 Å². The summed E-state index contributed by atoms with van der Waals surface area (Å²) in [7, 11) is 0. The third kappa shape index (κ3) is 4.42. The summed E-state index contributed by atoms with van der Waals surface area (Å²) in [5.74, 6) is 3.50. The minimum atomic E-state index is -0.229. The molecule has 0 spiro atoms. The van der Waals surface area contributed by atoms with Gasteiger partial charge in [-0.25, -0.2) is 0 Å². The second kappa shape index (κ2) is 9.87. The number of carbonyl (C=O) groups is 2. The molecule has 10 unspecified atom stereocenters. The van der Waals surface area contributed by atoms with Crippen molar-refractivity contribution in [3.8, 4) is 0 Å². The first-order chi connectivity index (χ1) is 17.0. The Labute approximate surface area is 218 Å². The van der Waals surface area contributed by atoms with Gasteiger partial charge < -0.3 is 20.0 Å². The Morgan fingerprint density at radius 3 is 2.22 bits per heavy atom. The van der Waals surface area contributed by atoms with E-state index >= 15 is 0 Å². The maximum Gasteiger partial charge on any atom is 0.222 e. The molecule has 1 heterocycles. The van der Waals surface area contributed by atoms with Crippen molar-refractivity contribution in [3.05, 3.63) is 0 Å². The molecule has 10 atom stereocenters. The third-order valence-electron chi connectivity index (χ3n) is 12.3. The molecule has 5 aliphatic rings. The topological polar surface area (TPSA) is 81.1 Å². The lowest BCUT2D eigenvalue weighted by Gasteiger charge is -2.62. The van der Waals surface area contributed by atoms with Gasteiger partial charge in [0.25, 0.3) is 0 Å². The first-order valence-corrected chi connectivity index (χ1v) is 14.9. The van der Waals surface area contributed by atoms with Crippen LogP contribution in [0.1, 0.15) is 91.9 Å². The number of hydrogen-bond donors (Lipinski definition) is 2. The molecule has 2 amide bonds. The maximum atomic E-state index is 13.0. The SMILES string of the molecule is CC(=O)N1CCN(C(=O)CCC(C)C2CCC3C4C(O)CC5CC(O)CCC5(C)C4CCC23C)CC1. The molecule has 2 N–H and O–H groups in total. The van der Waals surface area contributed by atoms with E-state index in [1.54, 1.807) is 6.92 Å². The summed E-state index contributed by atoms with van der Waals surface area (Å²) in [6.45, 7) is 11.6. The van der Waals surface area contributed by atoms with Crippen LogP contribution >= 0.6 is 0 Å². The molecule has 5 fully saturated rings. The number of amides is 2. The van der Waals surface area contributed by atoms with Crippen LogP contribution in [0.3, 0.4) is 0 Å². The number of fused-ring (bicyclic) bond motifs is 5. The zero-order valence-corrected chi connectivity index (χ0v) is 23.1. The predicted molar refractivity (Wildman–Crippen MR) is 140 cm³/mol. The van der Waals surface area contributed by atoms with Crippen molar-refractivity contribution in [2.24, 2.45) is 46.3 Å². The van der Waals surface area contributed by atoms with Gasteiger partial charge in [0.1, 0.15) is 0 Å². The summed E-state index contributed by atoms with van der Waals surface area (Å²) in [5.41, 5.74) is 0.530. The average molecular weight is 503 g/mol. The van der Waals surface area contributed by atoms with Gasteiger partial charge in [0.2, 0.25) is 11.8 Å². The molecule has 0 bridgehead atoms. The fraction of sp³-hybridized carbons (Fsp3) is 0.933. The van der Waals surface area contributed by atoms with Gasteiger partial charge in [0, 0.05) is 39.5 Å². The summed E-state index contributed by atoms with van der Waals surface area (Å²) >= 11 is 0. The van der Waals surface area contributed by atoms with Gasteiger partial charge in [-0.05, 0) is 104 Å². The number of piperazine rings is 1. The first-order valence-electron chi connectivity index (χ1n) is 14.9. The minimum absolute atomic E-state index is 0.100. The Bertz CT molecular complexity index is 841. The van der Waals surface area contributed by atoms with E-state index in [4.69, 9.17) is 0 Å². The molecule has 4 aliphatic carbocycles. The molecule has 4 saturated carbocycles. The van der Waals surface area contributed by atoms with E-state index < -0.39 is 0 Å². The van der Waals surface area contributed by atoms with E-state index in [1.165, 1.54) is 25.7 Å². The van der Waals surface area contributed by atoms with Crippen molar-refractivity contribution in [1.82, 2.24) is 9.80 Å². The minimum Gasteiger partial charge on any atom is -0.393 e. The molecule has 5 rings (SSSR count). The van der Waals surface area contributed by atoms with Crippen molar-refractivity contribution in [3.63, 3.8) is 0 Å². The first kappa shape index (κ1) is 26.5. The number of nitrogens with zero attached hydrogens (tertiary/aromatic N) is 2. The fourth-order valence-corrected chi connectivity index (χ4v) is 10.2. The van der Waals surface area contributed by atoms with E-state index in [2.05, 4.69) is 20.8 Å². The van der Waals surface area contributed by atoms with Crippen molar-refractivity contribution >= 4 is 11.8 Å². The highest BCUT2D eigenvalue weighted by atomic mass is 16.3. The van der Waals surface area contributed by atoms with Gasteiger partial charge in [-0.2, -0.15) is 0 Å². The van der Waals surface area contributed by atoms with Crippen LogP contribution in [-0.2, 0) is 9.59 Å². The molecule has 1 saturated heterocycles. The monoisotopic (exact) mass is 502 g/mol. The Morgan fingerprint density at radius 1 is 0.889 bits per heavy atom. The maximum absolute atomic E-state index is 13.0. The predicted octanol–water partition coefficient (Wildman–Crippen LogP) is 4.08. The molecule has 0 aromatic rings. The number of aliphatic hydroxyl groups excluding tert-OH is 2. The van der Waals surface area contributed by atoms with E-state index in [9.17, 15) is 19.8 Å². The molecule has 1 aliphatic heterocycles. The summed E-state index contributed by atoms with van der Waals surface area (Å²) in [4.78, 5) is 28.3. The average Bonchev–Trinajstić information content (AvgIpc) is 3.20. The third-order valence-corrected chi connectivity index (χ3v) is 12.3. The molecule has 0 radical (unpaired) electrons. The number of carbonyl (C=O) groups excluding carboxylic acids is 2. The highest BCUT2D eigenvalue weighted by Crippen LogP contribution is 2.68. The van der Waals surface area contributed by atoms with Crippen LogP contribution in [0.2, 0.25) is 0 Å². The second-order valence-electron chi connectivity index (χ2n) is 13.9. The Morgan fingerprint density at radius 2 is 1.53 bits per heavy atom. The lowest BCUT2D eigenvalue weighted by atomic mass is 9.43. The number of aliphatic hydroxyl groups is 2. The molecular formula is C30H50N2O4. The Balaban J connectivity index is 1.21. The molecule has 36 heavy (non-hydrogen) atoms. The number of hydrogen-bond acceptors (Lipinski definition) is 4. The van der Waals surface area contributed by atoms with Crippen molar-refractivity contribution in [2.75, 3.05) is 26.2 Å². The molecule has 204 valence electrons. The number of rotatable bonds is 4. The lowest BCUT2D eigenvalue weighted by Crippen LogP contribution is -2.58. The zero-order chi connectivity index (χ0) is 25.8. The van der Waals surface area contributed by atoms with E-state index in [0.29, 0.717) is 68.1 Å². The van der Waals surface area contributed by atoms with Crippen molar-refractivity contribution < 1.29 is 19.8 Å². The molecule has 0 aromatic carbocycles. The Hall–Kier alpha value is -1.14. The summed E-state index contributed by atoms with van der Waals surface area (Å²) in [6, 6.07) is 0. The summed E-state index contributed by atoms with van der Waals surface area (Å²) < 4.78 is 0. The molecular weight excluding hydrogens is 452 g/mol. The highest BCUT2D eigenvalue weighted by molar-refractivity contribution is 5.77. The van der Waals surface area contributed by atoms with Crippen LogP contribution in [-0.4, -0.2) is 70.2 Å². The largest absolute Gasteiger partial charge is 0.393 e. The van der Waals surface area contributed by atoms with Crippen LogP contribution < -0.4 is 0 Å². The van der Waals surface area contributed by atoms with Gasteiger partial charge in [-0.1, -0.05) is 20.8 Å². The van der Waals surface area contributed by atoms with Crippen LogP contribution in [0.5, 0.6) is 0 Å². The normalized spacial score (nSPS) is 45.4. The fourth-order valence-electron chi connectivity index (χ4n) is 10.2. The smallest absolute Gasteiger partial charge is 0.222 e. The summed E-state index contributed by atoms with van der Waals surface area (Å²) in [5, 5.41) is 21.8. The zero-order valence-electron chi connectivity index (χ0n) is 23.1. The van der Waals surface area contributed by atoms with E-state index in [0.717, 1.165) is 32.1 Å². The summed E-state index contributed by atoms with van der Waals surface area (Å²) in [6.07, 6.45) is 9.80. The van der Waals surface area contributed by atoms with Crippen LogP contribution in [0.4, 0.5) is 0 Å². The van der Waals surface area contributed by atoms with Crippen LogP contribution in [0.15, 0.2) is 0 Å². The van der Waals surface area contributed by atoms with Crippen LogP contribution in [0.25, 0.3) is 0 Å². The molecule has 0 aromatic heterocycles. The molecule has 6 nitrogen and oxygen atoms in total. The van der Waals surface area contributed by atoms with Gasteiger partial charge >= 0.3 is 0 Å². The van der Waals surface area contributed by atoms with Crippen molar-refractivity contribution in [1.29, 1.82) is 0 Å². The molecule has 6 heteroatoms. The second-order valence-corrected chi connectivity index (χ2v) is 13.9. The van der Waals surface area contributed by atoms with Gasteiger partial charge in [-0.3, -0.25) is 9.59 Å². The lowest BCUT2D eigenvalue weighted by molar-refractivity contribution is -0.174. The van der Waals surface area contributed by atoms with Crippen molar-refractivity contribution in [2.45, 2.75) is 104 Å². The van der Waals surface area contributed by atoms with Gasteiger partial charge in [-0.15, -0.1) is 0 Å². The quantitative estimate of drug-likeness (QED) is 0.607. The van der Waals surface area contributed by atoms with E-state index in [-0.39, 0.29) is 34.9 Å². The van der Waals surface area contributed by atoms with Gasteiger partial charge in [0.05, 0.1) is 12.2 Å². The highest BCUT2D eigenvalue weighted by Gasteiger charge is 2.62.